The number of fused-ring (bicyclic) bond motifs is 1. The number of nitrogens with zero attached hydrogens (tertiary/aromatic N) is 3. The lowest BCUT2D eigenvalue weighted by Crippen LogP contribution is -2.28. The van der Waals surface area contributed by atoms with E-state index in [4.69, 9.17) is 4.99 Å². The van der Waals surface area contributed by atoms with Crippen molar-refractivity contribution in [2.24, 2.45) is 20.8 Å². The van der Waals surface area contributed by atoms with Crippen LogP contribution in [0.4, 0.5) is 0 Å². The number of rotatable bonds is 7. The summed E-state index contributed by atoms with van der Waals surface area (Å²) in [6.07, 6.45) is 8.15. The molecule has 0 atom stereocenters. The number of benzene rings is 1. The summed E-state index contributed by atoms with van der Waals surface area (Å²) >= 11 is 0. The second-order valence-electron chi connectivity index (χ2n) is 13.5. The highest BCUT2D eigenvalue weighted by molar-refractivity contribution is 6.12. The topological polar surface area (TPSA) is 83.8 Å². The van der Waals surface area contributed by atoms with E-state index in [2.05, 4.69) is 82.8 Å². The molecule has 40 heavy (non-hydrogen) atoms. The third-order valence-electron chi connectivity index (χ3n) is 6.83. The van der Waals surface area contributed by atoms with Crippen LogP contribution in [0.1, 0.15) is 107 Å². The van der Waals surface area contributed by atoms with E-state index < -0.39 is 0 Å². The predicted octanol–water partition coefficient (Wildman–Crippen LogP) is 6.79. The zero-order valence-electron chi connectivity index (χ0n) is 26.7. The van der Waals surface area contributed by atoms with Crippen molar-refractivity contribution in [3.05, 3.63) is 63.5 Å². The molecule has 218 valence electrons. The maximum Gasteiger partial charge on any atom is 0.220 e. The number of Topliss-reactive ketones (excluding diaryl/α,β-unsaturated/α-hetero) is 1. The molecule has 0 saturated carbocycles. The molecule has 1 amide bonds. The smallest absolute Gasteiger partial charge is 0.220 e. The molecule has 1 aromatic heterocycles. The SMILES string of the molecule is CC(C)(C)C.CN=C(N=C(C)c1cncc2c1CCC(C)(C)C2)c1cc(C)c(CCC(=O)NCC(C)=O)c(C)c1. The molecule has 6 heteroatoms. The van der Waals surface area contributed by atoms with E-state index in [9.17, 15) is 9.59 Å². The summed E-state index contributed by atoms with van der Waals surface area (Å²) in [5.74, 6) is 0.531. The van der Waals surface area contributed by atoms with Gasteiger partial charge in [-0.25, -0.2) is 4.99 Å². The zero-order valence-corrected chi connectivity index (χ0v) is 26.7. The molecule has 0 spiro atoms. The van der Waals surface area contributed by atoms with Crippen molar-refractivity contribution in [1.82, 2.24) is 10.3 Å². The first kappa shape index (κ1) is 33.1. The van der Waals surface area contributed by atoms with E-state index in [1.807, 2.05) is 19.3 Å². The quantitative estimate of drug-likeness (QED) is 0.307. The Morgan fingerprint density at radius 2 is 1.65 bits per heavy atom. The van der Waals surface area contributed by atoms with E-state index in [1.54, 1.807) is 7.05 Å². The summed E-state index contributed by atoms with van der Waals surface area (Å²) in [5.41, 5.74) is 9.85. The van der Waals surface area contributed by atoms with E-state index in [0.717, 1.165) is 52.8 Å². The van der Waals surface area contributed by atoms with Gasteiger partial charge in [0.2, 0.25) is 5.91 Å². The van der Waals surface area contributed by atoms with Crippen LogP contribution >= 0.6 is 0 Å². The predicted molar refractivity (Wildman–Crippen MR) is 168 cm³/mol. The molecule has 2 aromatic rings. The van der Waals surface area contributed by atoms with Gasteiger partial charge in [0, 0.05) is 42.7 Å². The highest BCUT2D eigenvalue weighted by Gasteiger charge is 2.27. The number of nitrogens with one attached hydrogen (secondary N) is 1. The highest BCUT2D eigenvalue weighted by Crippen LogP contribution is 2.35. The fourth-order valence-electron chi connectivity index (χ4n) is 4.89. The van der Waals surface area contributed by atoms with Gasteiger partial charge in [-0.05, 0) is 104 Å². The summed E-state index contributed by atoms with van der Waals surface area (Å²) < 4.78 is 0. The molecular formula is C34H50N4O2. The first-order valence-corrected chi connectivity index (χ1v) is 14.4. The van der Waals surface area contributed by atoms with Crippen molar-refractivity contribution in [3.8, 4) is 0 Å². The van der Waals surface area contributed by atoms with Crippen molar-refractivity contribution < 1.29 is 9.59 Å². The Morgan fingerprint density at radius 1 is 1.05 bits per heavy atom. The molecule has 0 saturated heterocycles. The minimum Gasteiger partial charge on any atom is -0.349 e. The lowest BCUT2D eigenvalue weighted by Gasteiger charge is -2.32. The summed E-state index contributed by atoms with van der Waals surface area (Å²) in [4.78, 5) is 37.1. The molecule has 0 fully saturated rings. The zero-order chi connectivity index (χ0) is 30.3. The number of amides is 1. The van der Waals surface area contributed by atoms with Crippen LogP contribution in [0.3, 0.4) is 0 Å². The van der Waals surface area contributed by atoms with Crippen molar-refractivity contribution in [2.45, 2.75) is 101 Å². The molecular weight excluding hydrogens is 496 g/mol. The largest absolute Gasteiger partial charge is 0.349 e. The van der Waals surface area contributed by atoms with Gasteiger partial charge >= 0.3 is 0 Å². The number of hydrogen-bond acceptors (Lipinski definition) is 4. The van der Waals surface area contributed by atoms with Gasteiger partial charge in [0.05, 0.1) is 6.54 Å². The van der Waals surface area contributed by atoms with Crippen LogP contribution in [-0.4, -0.2) is 41.8 Å². The average molecular weight is 547 g/mol. The second kappa shape index (κ2) is 14.0. The van der Waals surface area contributed by atoms with Crippen molar-refractivity contribution in [3.63, 3.8) is 0 Å². The molecule has 0 radical (unpaired) electrons. The number of aromatic nitrogens is 1. The van der Waals surface area contributed by atoms with Gasteiger partial charge in [-0.2, -0.15) is 0 Å². The van der Waals surface area contributed by atoms with Gasteiger partial charge in [0.15, 0.2) is 5.84 Å². The second-order valence-corrected chi connectivity index (χ2v) is 13.5. The first-order valence-electron chi connectivity index (χ1n) is 14.4. The lowest BCUT2D eigenvalue weighted by atomic mass is 9.74. The minimum atomic E-state index is -0.109. The number of pyridine rings is 1. The standard InChI is InChI=1S/C29H38N4O2.C5H12/c1-18-12-22(13-19(2)24(18)8-9-27(35)32-15-20(3)34)28(30-7)33-21(4)26-17-31-16-23-14-29(5,6)11-10-25(23)26;1-5(2,3)4/h12-13,16-17H,8-11,14-15H2,1-7H3,(H,32,35);1-4H3. The van der Waals surface area contributed by atoms with Gasteiger partial charge in [-0.1, -0.05) is 41.5 Å². The Bertz CT molecular complexity index is 1250. The van der Waals surface area contributed by atoms with Gasteiger partial charge < -0.3 is 5.32 Å². The van der Waals surface area contributed by atoms with E-state index in [-0.39, 0.29) is 18.2 Å². The lowest BCUT2D eigenvalue weighted by molar-refractivity contribution is -0.124. The van der Waals surface area contributed by atoms with Gasteiger partial charge in [-0.3, -0.25) is 19.6 Å². The fraction of sp³-hybridized carbons (Fsp3) is 0.559. The average Bonchev–Trinajstić information content (AvgIpc) is 2.83. The van der Waals surface area contributed by atoms with Crippen LogP contribution in [0.2, 0.25) is 0 Å². The number of ketones is 1. The fourth-order valence-corrected chi connectivity index (χ4v) is 4.89. The van der Waals surface area contributed by atoms with Crippen molar-refractivity contribution in [1.29, 1.82) is 0 Å². The van der Waals surface area contributed by atoms with Crippen LogP contribution in [0.5, 0.6) is 0 Å². The van der Waals surface area contributed by atoms with E-state index in [1.165, 1.54) is 18.1 Å². The van der Waals surface area contributed by atoms with Gasteiger partial charge in [0.1, 0.15) is 5.78 Å². The summed E-state index contributed by atoms with van der Waals surface area (Å²) in [6.45, 7) is 21.1. The first-order chi connectivity index (χ1) is 18.5. The minimum absolute atomic E-state index is 0.0482. The van der Waals surface area contributed by atoms with Crippen molar-refractivity contribution in [2.75, 3.05) is 13.6 Å². The number of hydrogen-bond donors (Lipinski definition) is 1. The number of amidine groups is 1. The molecule has 0 aliphatic heterocycles. The molecule has 3 rings (SSSR count). The van der Waals surface area contributed by atoms with Crippen LogP contribution < -0.4 is 5.32 Å². The van der Waals surface area contributed by atoms with Crippen LogP contribution in [0.15, 0.2) is 34.5 Å². The van der Waals surface area contributed by atoms with Crippen LogP contribution in [-0.2, 0) is 28.9 Å². The van der Waals surface area contributed by atoms with Crippen molar-refractivity contribution >= 4 is 23.2 Å². The van der Waals surface area contributed by atoms with Crippen LogP contribution in [0, 0.1) is 24.7 Å². The number of carbonyl (C=O) groups excluding carboxylic acids is 2. The molecule has 6 nitrogen and oxygen atoms in total. The molecule has 1 aliphatic carbocycles. The third kappa shape index (κ3) is 10.4. The molecule has 1 heterocycles. The number of aliphatic imine (C=N–C) groups is 2. The molecule has 1 N–H and O–H groups in total. The van der Waals surface area contributed by atoms with E-state index in [0.29, 0.717) is 29.5 Å². The molecule has 1 aromatic carbocycles. The third-order valence-corrected chi connectivity index (χ3v) is 6.83. The van der Waals surface area contributed by atoms with Crippen LogP contribution in [0.25, 0.3) is 0 Å². The number of aryl methyl sites for hydroxylation is 2. The summed E-state index contributed by atoms with van der Waals surface area (Å²) in [5, 5.41) is 2.66. The van der Waals surface area contributed by atoms with E-state index >= 15 is 0 Å². The van der Waals surface area contributed by atoms with Gasteiger partial charge in [-0.15, -0.1) is 0 Å². The maximum atomic E-state index is 12.1. The Hall–Kier alpha value is -3.15. The summed E-state index contributed by atoms with van der Waals surface area (Å²) in [7, 11) is 1.77. The number of carbonyl (C=O) groups is 2. The summed E-state index contributed by atoms with van der Waals surface area (Å²) in [6, 6.07) is 4.19. The highest BCUT2D eigenvalue weighted by atomic mass is 16.2. The maximum absolute atomic E-state index is 12.1. The molecule has 1 aliphatic rings. The molecule has 0 unspecified atom stereocenters. The normalized spacial score (nSPS) is 15.1. The molecule has 0 bridgehead atoms. The Kier molecular flexibility index (Phi) is 11.5. The monoisotopic (exact) mass is 546 g/mol. The Labute approximate surface area is 242 Å². The Balaban J connectivity index is 0.00000103. The Morgan fingerprint density at radius 3 is 2.20 bits per heavy atom. The van der Waals surface area contributed by atoms with Gasteiger partial charge in [0.25, 0.3) is 0 Å².